The van der Waals surface area contributed by atoms with Gasteiger partial charge in [0.1, 0.15) is 0 Å². The van der Waals surface area contributed by atoms with Crippen molar-refractivity contribution in [3.8, 4) is 0 Å². The molecule has 0 amide bonds. The van der Waals surface area contributed by atoms with Crippen LogP contribution in [0.4, 0.5) is 0 Å². The van der Waals surface area contributed by atoms with Crippen molar-refractivity contribution in [1.82, 2.24) is 4.90 Å². The maximum atomic E-state index is 10.2. The molecule has 1 N–H and O–H groups in total. The molecule has 21 heavy (non-hydrogen) atoms. The molecule has 2 aromatic carbocycles. The molecule has 0 spiro atoms. The molecular formula is C17H19BrClNO. The molecule has 0 radical (unpaired) electrons. The normalized spacial score (nSPS) is 12.6. The molecule has 0 aliphatic heterocycles. The van der Waals surface area contributed by atoms with Crippen molar-refractivity contribution < 1.29 is 5.11 Å². The Morgan fingerprint density at radius 3 is 2.48 bits per heavy atom. The van der Waals surface area contributed by atoms with Gasteiger partial charge in [-0.05, 0) is 42.8 Å². The van der Waals surface area contributed by atoms with Gasteiger partial charge in [-0.3, -0.25) is 0 Å². The lowest BCUT2D eigenvalue weighted by molar-refractivity contribution is 0.147. The number of halogens is 2. The fraction of sp³-hybridized carbons (Fsp3) is 0.294. The summed E-state index contributed by atoms with van der Waals surface area (Å²) in [5, 5.41) is 11.0. The summed E-state index contributed by atoms with van der Waals surface area (Å²) >= 11 is 9.56. The second-order valence-corrected chi connectivity index (χ2v) is 6.51. The number of hydrogen-bond donors (Lipinski definition) is 1. The van der Waals surface area contributed by atoms with Gasteiger partial charge < -0.3 is 10.0 Å². The van der Waals surface area contributed by atoms with Crippen LogP contribution in [0.25, 0.3) is 0 Å². The van der Waals surface area contributed by atoms with Gasteiger partial charge in [-0.15, -0.1) is 0 Å². The van der Waals surface area contributed by atoms with E-state index in [-0.39, 0.29) is 0 Å². The molecule has 0 aromatic heterocycles. The molecule has 1 atom stereocenters. The standard InChI is InChI=1S/C17H19BrClNO/c1-20(12-14-4-2-3-5-16(14)19)11-10-17(21)13-6-8-15(18)9-7-13/h2-9,17,21H,10-12H2,1H3. The van der Waals surface area contributed by atoms with Gasteiger partial charge in [0.05, 0.1) is 6.10 Å². The lowest BCUT2D eigenvalue weighted by atomic mass is 10.1. The molecule has 2 nitrogen and oxygen atoms in total. The summed E-state index contributed by atoms with van der Waals surface area (Å²) in [7, 11) is 2.04. The first-order chi connectivity index (χ1) is 10.1. The van der Waals surface area contributed by atoms with E-state index in [0.29, 0.717) is 6.42 Å². The van der Waals surface area contributed by atoms with Crippen molar-refractivity contribution in [2.24, 2.45) is 0 Å². The number of benzene rings is 2. The number of rotatable bonds is 6. The highest BCUT2D eigenvalue weighted by Gasteiger charge is 2.10. The molecule has 2 aromatic rings. The largest absolute Gasteiger partial charge is 0.388 e. The SMILES string of the molecule is CN(CCC(O)c1ccc(Br)cc1)Cc1ccccc1Cl. The predicted octanol–water partition coefficient (Wildman–Crippen LogP) is 4.66. The van der Waals surface area contributed by atoms with Crippen LogP contribution in [0.2, 0.25) is 5.02 Å². The smallest absolute Gasteiger partial charge is 0.0802 e. The predicted molar refractivity (Wildman–Crippen MR) is 91.5 cm³/mol. The third-order valence-electron chi connectivity index (χ3n) is 3.44. The first kappa shape index (κ1) is 16.5. The fourth-order valence-electron chi connectivity index (χ4n) is 2.19. The zero-order valence-electron chi connectivity index (χ0n) is 12.0. The van der Waals surface area contributed by atoms with Crippen LogP contribution in [-0.2, 0) is 6.54 Å². The highest BCUT2D eigenvalue weighted by atomic mass is 79.9. The quantitative estimate of drug-likeness (QED) is 0.801. The van der Waals surface area contributed by atoms with E-state index in [4.69, 9.17) is 11.6 Å². The van der Waals surface area contributed by atoms with Crippen LogP contribution in [0.3, 0.4) is 0 Å². The molecule has 0 bridgehead atoms. The zero-order valence-corrected chi connectivity index (χ0v) is 14.3. The van der Waals surface area contributed by atoms with Gasteiger partial charge in [0.15, 0.2) is 0 Å². The van der Waals surface area contributed by atoms with Gasteiger partial charge in [0.2, 0.25) is 0 Å². The third-order valence-corrected chi connectivity index (χ3v) is 4.33. The minimum absolute atomic E-state index is 0.438. The Bertz CT molecular complexity index is 573. The van der Waals surface area contributed by atoms with Gasteiger partial charge >= 0.3 is 0 Å². The molecule has 0 fully saturated rings. The first-order valence-electron chi connectivity index (χ1n) is 6.92. The van der Waals surface area contributed by atoms with E-state index >= 15 is 0 Å². The van der Waals surface area contributed by atoms with Gasteiger partial charge in [-0.1, -0.05) is 57.9 Å². The highest BCUT2D eigenvalue weighted by molar-refractivity contribution is 9.10. The van der Waals surface area contributed by atoms with E-state index in [2.05, 4.69) is 20.8 Å². The monoisotopic (exact) mass is 367 g/mol. The van der Waals surface area contributed by atoms with Crippen molar-refractivity contribution in [2.75, 3.05) is 13.6 Å². The average molecular weight is 369 g/mol. The van der Waals surface area contributed by atoms with E-state index in [0.717, 1.165) is 33.7 Å². The topological polar surface area (TPSA) is 23.5 Å². The van der Waals surface area contributed by atoms with Crippen molar-refractivity contribution in [3.05, 3.63) is 69.2 Å². The lowest BCUT2D eigenvalue weighted by Crippen LogP contribution is -2.21. The summed E-state index contributed by atoms with van der Waals surface area (Å²) in [6.45, 7) is 1.59. The van der Waals surface area contributed by atoms with Crippen LogP contribution in [0.5, 0.6) is 0 Å². The maximum Gasteiger partial charge on any atom is 0.0802 e. The molecule has 0 saturated carbocycles. The van der Waals surface area contributed by atoms with Crippen molar-refractivity contribution >= 4 is 27.5 Å². The molecule has 0 saturated heterocycles. The highest BCUT2D eigenvalue weighted by Crippen LogP contribution is 2.21. The van der Waals surface area contributed by atoms with Gasteiger partial charge in [0.25, 0.3) is 0 Å². The Labute approximate surface area is 139 Å². The third kappa shape index (κ3) is 5.11. The summed E-state index contributed by atoms with van der Waals surface area (Å²) in [4.78, 5) is 2.17. The number of nitrogens with zero attached hydrogens (tertiary/aromatic N) is 1. The average Bonchev–Trinajstić information content (AvgIpc) is 2.48. The van der Waals surface area contributed by atoms with E-state index < -0.39 is 6.10 Å². The number of hydrogen-bond acceptors (Lipinski definition) is 2. The van der Waals surface area contributed by atoms with E-state index in [9.17, 15) is 5.11 Å². The van der Waals surface area contributed by atoms with Crippen LogP contribution in [-0.4, -0.2) is 23.6 Å². The van der Waals surface area contributed by atoms with E-state index in [1.165, 1.54) is 0 Å². The Hall–Kier alpha value is -0.870. The second-order valence-electron chi connectivity index (χ2n) is 5.19. The molecule has 0 aliphatic carbocycles. The minimum atomic E-state index is -0.438. The molecule has 112 valence electrons. The molecule has 0 aliphatic rings. The molecule has 1 unspecified atom stereocenters. The molecular weight excluding hydrogens is 350 g/mol. The Balaban J connectivity index is 1.85. The molecule has 2 rings (SSSR count). The van der Waals surface area contributed by atoms with Crippen molar-refractivity contribution in [2.45, 2.75) is 19.1 Å². The van der Waals surface area contributed by atoms with Crippen LogP contribution < -0.4 is 0 Å². The Morgan fingerprint density at radius 1 is 1.14 bits per heavy atom. The second kappa shape index (κ2) is 7.95. The van der Waals surface area contributed by atoms with Crippen molar-refractivity contribution in [3.63, 3.8) is 0 Å². The van der Waals surface area contributed by atoms with Crippen LogP contribution in [0.1, 0.15) is 23.7 Å². The van der Waals surface area contributed by atoms with E-state index in [1.54, 1.807) is 0 Å². The Kier molecular flexibility index (Phi) is 6.24. The number of aliphatic hydroxyl groups excluding tert-OH is 1. The first-order valence-corrected chi connectivity index (χ1v) is 8.09. The lowest BCUT2D eigenvalue weighted by Gasteiger charge is -2.19. The summed E-state index contributed by atoms with van der Waals surface area (Å²) in [5.41, 5.74) is 2.06. The number of aliphatic hydroxyl groups is 1. The molecule has 0 heterocycles. The van der Waals surface area contributed by atoms with Gasteiger partial charge in [-0.2, -0.15) is 0 Å². The van der Waals surface area contributed by atoms with E-state index in [1.807, 2.05) is 55.6 Å². The zero-order chi connectivity index (χ0) is 15.2. The summed E-state index contributed by atoms with van der Waals surface area (Å²) in [6, 6.07) is 15.7. The summed E-state index contributed by atoms with van der Waals surface area (Å²) in [6.07, 6.45) is 0.259. The minimum Gasteiger partial charge on any atom is -0.388 e. The molecule has 4 heteroatoms. The van der Waals surface area contributed by atoms with Gasteiger partial charge in [-0.25, -0.2) is 0 Å². The van der Waals surface area contributed by atoms with Crippen LogP contribution in [0, 0.1) is 0 Å². The van der Waals surface area contributed by atoms with Crippen molar-refractivity contribution in [1.29, 1.82) is 0 Å². The maximum absolute atomic E-state index is 10.2. The van der Waals surface area contributed by atoms with Gasteiger partial charge in [0, 0.05) is 22.6 Å². The Morgan fingerprint density at radius 2 is 1.81 bits per heavy atom. The van der Waals surface area contributed by atoms with Crippen LogP contribution >= 0.6 is 27.5 Å². The summed E-state index contributed by atoms with van der Waals surface area (Å²) < 4.78 is 1.02. The summed E-state index contributed by atoms with van der Waals surface area (Å²) in [5.74, 6) is 0. The fourth-order valence-corrected chi connectivity index (χ4v) is 2.65. The van der Waals surface area contributed by atoms with Crippen LogP contribution in [0.15, 0.2) is 53.0 Å².